The number of amides is 3. The number of carbonyl (C=O) groups is 2. The molecular weight excluding hydrogens is 324 g/mol. The fourth-order valence-electron chi connectivity index (χ4n) is 2.37. The van der Waals surface area contributed by atoms with Crippen molar-refractivity contribution in [2.24, 2.45) is 0 Å². The van der Waals surface area contributed by atoms with Crippen LogP contribution in [0.3, 0.4) is 0 Å². The molecule has 0 saturated carbocycles. The van der Waals surface area contributed by atoms with Crippen molar-refractivity contribution in [2.75, 3.05) is 13.2 Å². The van der Waals surface area contributed by atoms with E-state index in [1.807, 2.05) is 13.8 Å². The van der Waals surface area contributed by atoms with Crippen molar-refractivity contribution in [3.8, 4) is 5.75 Å². The Labute approximate surface area is 145 Å². The molecule has 1 aromatic heterocycles. The second-order valence-electron chi connectivity index (χ2n) is 5.59. The number of imide groups is 1. The highest BCUT2D eigenvalue weighted by molar-refractivity contribution is 5.95. The average molecular weight is 346 g/mol. The van der Waals surface area contributed by atoms with Gasteiger partial charge in [0, 0.05) is 24.1 Å². The molecule has 3 amide bonds. The standard InChI is InChI=1S/C18H22N2O5/c1-3-5-12-9-17(22)25-15-10-13(6-7-14(12)15)24-11-16(21)20-18(23)19-8-4-2/h6-7,9-10H,3-5,8,11H2,1-2H3,(H2,19,20,21,23). The van der Waals surface area contributed by atoms with Crippen molar-refractivity contribution in [2.45, 2.75) is 33.1 Å². The van der Waals surface area contributed by atoms with Gasteiger partial charge < -0.3 is 14.5 Å². The van der Waals surface area contributed by atoms with Crippen molar-refractivity contribution in [3.05, 3.63) is 40.2 Å². The third kappa shape index (κ3) is 5.34. The van der Waals surface area contributed by atoms with Crippen LogP contribution >= 0.6 is 0 Å². The van der Waals surface area contributed by atoms with Gasteiger partial charge in [0.1, 0.15) is 11.3 Å². The van der Waals surface area contributed by atoms with Gasteiger partial charge in [-0.3, -0.25) is 10.1 Å². The maximum atomic E-state index is 11.7. The highest BCUT2D eigenvalue weighted by Gasteiger charge is 2.10. The Bertz CT molecular complexity index is 813. The van der Waals surface area contributed by atoms with Crippen molar-refractivity contribution < 1.29 is 18.7 Å². The van der Waals surface area contributed by atoms with E-state index in [2.05, 4.69) is 10.6 Å². The number of carbonyl (C=O) groups excluding carboxylic acids is 2. The van der Waals surface area contributed by atoms with E-state index in [0.29, 0.717) is 17.9 Å². The normalized spacial score (nSPS) is 10.5. The monoisotopic (exact) mass is 346 g/mol. The van der Waals surface area contributed by atoms with Gasteiger partial charge >= 0.3 is 11.7 Å². The molecule has 2 aromatic rings. The zero-order valence-electron chi connectivity index (χ0n) is 14.4. The molecule has 1 heterocycles. The summed E-state index contributed by atoms with van der Waals surface area (Å²) in [5.41, 5.74) is 0.915. The maximum absolute atomic E-state index is 11.7. The number of hydrogen-bond donors (Lipinski definition) is 2. The molecule has 0 aliphatic carbocycles. The van der Waals surface area contributed by atoms with Crippen LogP contribution in [0.15, 0.2) is 33.5 Å². The highest BCUT2D eigenvalue weighted by atomic mass is 16.5. The van der Waals surface area contributed by atoms with Gasteiger partial charge in [0.25, 0.3) is 5.91 Å². The molecule has 0 saturated heterocycles. The van der Waals surface area contributed by atoms with Gasteiger partial charge in [0.2, 0.25) is 0 Å². The predicted molar refractivity (Wildman–Crippen MR) is 93.8 cm³/mol. The largest absolute Gasteiger partial charge is 0.484 e. The van der Waals surface area contributed by atoms with Gasteiger partial charge in [0.05, 0.1) is 0 Å². The van der Waals surface area contributed by atoms with Crippen LogP contribution in [0.1, 0.15) is 32.3 Å². The molecule has 0 aliphatic rings. The van der Waals surface area contributed by atoms with Gasteiger partial charge in [-0.15, -0.1) is 0 Å². The van der Waals surface area contributed by atoms with Gasteiger partial charge in [-0.1, -0.05) is 20.3 Å². The van der Waals surface area contributed by atoms with Crippen LogP contribution in [0.2, 0.25) is 0 Å². The minimum atomic E-state index is -0.560. The third-order valence-corrected chi connectivity index (χ3v) is 3.48. The lowest BCUT2D eigenvalue weighted by Gasteiger charge is -2.09. The third-order valence-electron chi connectivity index (χ3n) is 3.48. The van der Waals surface area contributed by atoms with E-state index >= 15 is 0 Å². The molecule has 7 nitrogen and oxygen atoms in total. The smallest absolute Gasteiger partial charge is 0.336 e. The quantitative estimate of drug-likeness (QED) is 0.750. The Hall–Kier alpha value is -2.83. The minimum Gasteiger partial charge on any atom is -0.484 e. The van der Waals surface area contributed by atoms with Gasteiger partial charge in [-0.25, -0.2) is 9.59 Å². The zero-order chi connectivity index (χ0) is 18.2. The molecule has 1 aromatic carbocycles. The summed E-state index contributed by atoms with van der Waals surface area (Å²) in [5.74, 6) is -0.177. The summed E-state index contributed by atoms with van der Waals surface area (Å²) in [6, 6.07) is 6.01. The first-order chi connectivity index (χ1) is 12.0. The van der Waals surface area contributed by atoms with Crippen LogP contribution in [0.5, 0.6) is 5.75 Å². The fraction of sp³-hybridized carbons (Fsp3) is 0.389. The van der Waals surface area contributed by atoms with Crippen molar-refractivity contribution in [1.82, 2.24) is 10.6 Å². The van der Waals surface area contributed by atoms with Gasteiger partial charge in [0.15, 0.2) is 6.61 Å². The SMILES string of the molecule is CCCNC(=O)NC(=O)COc1ccc2c(CCC)cc(=O)oc2c1. The first kappa shape index (κ1) is 18.5. The Morgan fingerprint density at radius 3 is 2.68 bits per heavy atom. The average Bonchev–Trinajstić information content (AvgIpc) is 2.58. The van der Waals surface area contributed by atoms with Crippen molar-refractivity contribution in [1.29, 1.82) is 0 Å². The van der Waals surface area contributed by atoms with E-state index in [4.69, 9.17) is 9.15 Å². The van der Waals surface area contributed by atoms with E-state index < -0.39 is 17.6 Å². The van der Waals surface area contributed by atoms with Crippen molar-refractivity contribution >= 4 is 22.9 Å². The van der Waals surface area contributed by atoms with E-state index in [0.717, 1.165) is 30.2 Å². The summed E-state index contributed by atoms with van der Waals surface area (Å²) in [7, 11) is 0. The van der Waals surface area contributed by atoms with E-state index in [1.54, 1.807) is 18.2 Å². The highest BCUT2D eigenvalue weighted by Crippen LogP contribution is 2.23. The number of benzene rings is 1. The number of urea groups is 1. The molecule has 0 atom stereocenters. The molecule has 134 valence electrons. The molecule has 2 rings (SSSR count). The molecule has 7 heteroatoms. The summed E-state index contributed by atoms with van der Waals surface area (Å²) in [6.07, 6.45) is 2.47. The Balaban J connectivity index is 2.03. The number of ether oxygens (including phenoxy) is 1. The molecule has 0 spiro atoms. The van der Waals surface area contributed by atoms with Crippen LogP contribution in [0.25, 0.3) is 11.0 Å². The molecule has 2 N–H and O–H groups in total. The van der Waals surface area contributed by atoms with Crippen LogP contribution in [0.4, 0.5) is 4.79 Å². The predicted octanol–water partition coefficient (Wildman–Crippen LogP) is 2.36. The zero-order valence-corrected chi connectivity index (χ0v) is 14.4. The van der Waals surface area contributed by atoms with Crippen LogP contribution in [-0.2, 0) is 11.2 Å². The van der Waals surface area contributed by atoms with E-state index in [-0.39, 0.29) is 6.61 Å². The molecule has 0 aliphatic heterocycles. The maximum Gasteiger partial charge on any atom is 0.336 e. The fourth-order valence-corrected chi connectivity index (χ4v) is 2.37. The molecule has 0 bridgehead atoms. The Morgan fingerprint density at radius 1 is 1.16 bits per heavy atom. The Morgan fingerprint density at radius 2 is 1.96 bits per heavy atom. The van der Waals surface area contributed by atoms with E-state index in [9.17, 15) is 14.4 Å². The molecule has 0 unspecified atom stereocenters. The molecule has 0 radical (unpaired) electrons. The number of rotatable bonds is 7. The lowest BCUT2D eigenvalue weighted by Crippen LogP contribution is -2.41. The summed E-state index contributed by atoms with van der Waals surface area (Å²) in [4.78, 5) is 34.7. The van der Waals surface area contributed by atoms with Crippen LogP contribution in [0, 0.1) is 0 Å². The Kier molecular flexibility index (Phi) is 6.56. The van der Waals surface area contributed by atoms with Gasteiger partial charge in [-0.05, 0) is 30.5 Å². The molecule has 0 fully saturated rings. The number of hydrogen-bond acceptors (Lipinski definition) is 5. The second-order valence-corrected chi connectivity index (χ2v) is 5.59. The minimum absolute atomic E-state index is 0.316. The number of nitrogens with one attached hydrogen (secondary N) is 2. The topological polar surface area (TPSA) is 97.6 Å². The number of aryl methyl sites for hydroxylation is 1. The first-order valence-corrected chi connectivity index (χ1v) is 8.30. The van der Waals surface area contributed by atoms with E-state index in [1.165, 1.54) is 6.07 Å². The summed E-state index contributed by atoms with van der Waals surface area (Å²) < 4.78 is 10.6. The molecule has 25 heavy (non-hydrogen) atoms. The number of fused-ring (bicyclic) bond motifs is 1. The lowest BCUT2D eigenvalue weighted by atomic mass is 10.1. The summed E-state index contributed by atoms with van der Waals surface area (Å²) >= 11 is 0. The molecular formula is C18H22N2O5. The van der Waals surface area contributed by atoms with Crippen LogP contribution < -0.4 is 21.0 Å². The summed E-state index contributed by atoms with van der Waals surface area (Å²) in [6.45, 7) is 4.12. The van der Waals surface area contributed by atoms with Crippen molar-refractivity contribution in [3.63, 3.8) is 0 Å². The lowest BCUT2D eigenvalue weighted by molar-refractivity contribution is -0.122. The second kappa shape index (κ2) is 8.86. The first-order valence-electron chi connectivity index (χ1n) is 8.30. The van der Waals surface area contributed by atoms with Gasteiger partial charge in [-0.2, -0.15) is 0 Å². The summed E-state index contributed by atoms with van der Waals surface area (Å²) in [5, 5.41) is 5.55. The van der Waals surface area contributed by atoms with Crippen LogP contribution in [-0.4, -0.2) is 25.1 Å².